The van der Waals surface area contributed by atoms with E-state index in [-0.39, 0.29) is 15.9 Å². The molecule has 0 aliphatic heterocycles. The molecule has 0 atom stereocenters. The fraction of sp³-hybridized carbons (Fsp3) is 0. The number of hydrogen-bond donors (Lipinski definition) is 1. The summed E-state index contributed by atoms with van der Waals surface area (Å²) in [6, 6.07) is 12.8. The Labute approximate surface area is 140 Å². The normalized spacial score (nSPS) is 10.5. The fourth-order valence-corrected chi connectivity index (χ4v) is 2.86. The van der Waals surface area contributed by atoms with E-state index in [9.17, 15) is 4.79 Å². The zero-order valence-corrected chi connectivity index (χ0v) is 13.4. The molecule has 0 aliphatic carbocycles. The van der Waals surface area contributed by atoms with Crippen LogP contribution >= 0.6 is 34.5 Å². The van der Waals surface area contributed by atoms with Crippen LogP contribution < -0.4 is 5.32 Å². The first-order valence-corrected chi connectivity index (χ1v) is 7.91. The summed E-state index contributed by atoms with van der Waals surface area (Å²) in [6.07, 6.45) is 0. The van der Waals surface area contributed by atoms with E-state index in [1.165, 1.54) is 23.5 Å². The van der Waals surface area contributed by atoms with E-state index in [1.54, 1.807) is 0 Å². The summed E-state index contributed by atoms with van der Waals surface area (Å²) in [5.74, 6) is -0.443. The molecule has 1 amide bonds. The minimum Gasteiger partial charge on any atom is -0.296 e. The van der Waals surface area contributed by atoms with Crippen molar-refractivity contribution in [1.29, 1.82) is 0 Å². The highest BCUT2D eigenvalue weighted by Crippen LogP contribution is 2.25. The maximum absolute atomic E-state index is 12.2. The van der Waals surface area contributed by atoms with E-state index < -0.39 is 5.91 Å². The Morgan fingerprint density at radius 3 is 2.59 bits per heavy atom. The van der Waals surface area contributed by atoms with Gasteiger partial charge in [-0.05, 0) is 12.1 Å². The van der Waals surface area contributed by atoms with E-state index in [0.29, 0.717) is 5.13 Å². The third-order valence-corrected chi connectivity index (χ3v) is 4.09. The molecule has 7 heteroatoms. The maximum atomic E-state index is 12.2. The number of aromatic nitrogens is 2. The third-order valence-electron chi connectivity index (χ3n) is 2.82. The molecule has 110 valence electrons. The van der Waals surface area contributed by atoms with E-state index in [1.807, 2.05) is 35.7 Å². The Balaban J connectivity index is 1.81. The highest BCUT2D eigenvalue weighted by molar-refractivity contribution is 7.14. The van der Waals surface area contributed by atoms with Crippen LogP contribution in [-0.2, 0) is 0 Å². The molecular weight excluding hydrogens is 341 g/mol. The topological polar surface area (TPSA) is 54.9 Å². The molecule has 0 saturated heterocycles. The van der Waals surface area contributed by atoms with Crippen LogP contribution in [0.15, 0.2) is 47.8 Å². The molecule has 4 nitrogen and oxygen atoms in total. The number of rotatable bonds is 3. The summed E-state index contributed by atoms with van der Waals surface area (Å²) in [7, 11) is 0. The number of halogens is 2. The second-order valence-electron chi connectivity index (χ2n) is 4.32. The van der Waals surface area contributed by atoms with E-state index in [2.05, 4.69) is 15.3 Å². The number of carbonyl (C=O) groups is 1. The average Bonchev–Trinajstić information content (AvgIpc) is 2.99. The predicted octanol–water partition coefficient (Wildman–Crippen LogP) is 4.76. The van der Waals surface area contributed by atoms with Crippen LogP contribution in [0.25, 0.3) is 11.3 Å². The molecule has 1 aromatic carbocycles. The van der Waals surface area contributed by atoms with Crippen LogP contribution in [0.5, 0.6) is 0 Å². The average molecular weight is 350 g/mol. The SMILES string of the molecule is O=C(Nc1nc(-c2ccccc2)cs1)c1nc(Cl)ccc1Cl. The summed E-state index contributed by atoms with van der Waals surface area (Å²) >= 11 is 13.1. The number of hydrogen-bond acceptors (Lipinski definition) is 4. The summed E-state index contributed by atoms with van der Waals surface area (Å²) in [4.78, 5) is 20.5. The Morgan fingerprint density at radius 1 is 1.05 bits per heavy atom. The number of amides is 1. The van der Waals surface area contributed by atoms with Crippen molar-refractivity contribution < 1.29 is 4.79 Å². The van der Waals surface area contributed by atoms with Crippen LogP contribution in [0.1, 0.15) is 10.5 Å². The molecule has 2 aromatic heterocycles. The van der Waals surface area contributed by atoms with Crippen molar-refractivity contribution in [2.75, 3.05) is 5.32 Å². The molecule has 0 aliphatic rings. The number of nitrogens with one attached hydrogen (secondary N) is 1. The van der Waals surface area contributed by atoms with Gasteiger partial charge in [-0.2, -0.15) is 0 Å². The van der Waals surface area contributed by atoms with Crippen molar-refractivity contribution in [3.8, 4) is 11.3 Å². The molecule has 3 aromatic rings. The lowest BCUT2D eigenvalue weighted by molar-refractivity contribution is 0.102. The van der Waals surface area contributed by atoms with Gasteiger partial charge >= 0.3 is 0 Å². The summed E-state index contributed by atoms with van der Waals surface area (Å²) in [6.45, 7) is 0. The molecule has 22 heavy (non-hydrogen) atoms. The van der Waals surface area contributed by atoms with Crippen molar-refractivity contribution in [2.24, 2.45) is 0 Å². The lowest BCUT2D eigenvalue weighted by Crippen LogP contribution is -2.14. The van der Waals surface area contributed by atoms with Gasteiger partial charge in [0.1, 0.15) is 10.8 Å². The Kier molecular flexibility index (Phi) is 4.38. The van der Waals surface area contributed by atoms with Gasteiger partial charge in [-0.1, -0.05) is 53.5 Å². The van der Waals surface area contributed by atoms with Crippen molar-refractivity contribution >= 4 is 45.6 Å². The Bertz CT molecular complexity index is 821. The standard InChI is InChI=1S/C15H9Cl2N3OS/c16-10-6-7-12(17)19-13(10)14(21)20-15-18-11(8-22-15)9-4-2-1-3-5-9/h1-8H,(H,18,20,21). The molecular formula is C15H9Cl2N3OS. The predicted molar refractivity (Wildman–Crippen MR) is 89.8 cm³/mol. The van der Waals surface area contributed by atoms with Crippen LogP contribution in [0.2, 0.25) is 10.2 Å². The highest BCUT2D eigenvalue weighted by Gasteiger charge is 2.15. The van der Waals surface area contributed by atoms with Crippen LogP contribution in [0, 0.1) is 0 Å². The monoisotopic (exact) mass is 349 g/mol. The first-order chi connectivity index (χ1) is 10.6. The van der Waals surface area contributed by atoms with Crippen LogP contribution in [0.3, 0.4) is 0 Å². The van der Waals surface area contributed by atoms with Crippen LogP contribution in [-0.4, -0.2) is 15.9 Å². The molecule has 0 radical (unpaired) electrons. The van der Waals surface area contributed by atoms with Gasteiger partial charge in [0, 0.05) is 10.9 Å². The summed E-state index contributed by atoms with van der Waals surface area (Å²) in [5.41, 5.74) is 1.86. The first kappa shape index (κ1) is 15.0. The first-order valence-electron chi connectivity index (χ1n) is 6.28. The molecule has 2 heterocycles. The fourth-order valence-electron chi connectivity index (χ4n) is 1.81. The number of anilines is 1. The maximum Gasteiger partial charge on any atom is 0.277 e. The summed E-state index contributed by atoms with van der Waals surface area (Å²) < 4.78 is 0. The largest absolute Gasteiger partial charge is 0.296 e. The Hall–Kier alpha value is -1.95. The van der Waals surface area contributed by atoms with Crippen molar-refractivity contribution in [2.45, 2.75) is 0 Å². The smallest absolute Gasteiger partial charge is 0.277 e. The van der Waals surface area contributed by atoms with Gasteiger partial charge in [-0.3, -0.25) is 10.1 Å². The number of benzene rings is 1. The minimum absolute atomic E-state index is 0.0747. The zero-order valence-electron chi connectivity index (χ0n) is 11.1. The van der Waals surface area contributed by atoms with Gasteiger partial charge < -0.3 is 0 Å². The Morgan fingerprint density at radius 2 is 1.82 bits per heavy atom. The molecule has 0 spiro atoms. The van der Waals surface area contributed by atoms with Gasteiger partial charge in [0.05, 0.1) is 10.7 Å². The quantitative estimate of drug-likeness (QED) is 0.693. The third kappa shape index (κ3) is 3.27. The number of carbonyl (C=O) groups excluding carboxylic acids is 1. The number of nitrogens with zero attached hydrogens (tertiary/aromatic N) is 2. The molecule has 0 saturated carbocycles. The van der Waals surface area contributed by atoms with Crippen molar-refractivity contribution in [1.82, 2.24) is 9.97 Å². The van der Waals surface area contributed by atoms with Crippen molar-refractivity contribution in [3.05, 3.63) is 63.7 Å². The molecule has 1 N–H and O–H groups in total. The molecule has 0 fully saturated rings. The molecule has 3 rings (SSSR count). The van der Waals surface area contributed by atoms with E-state index >= 15 is 0 Å². The second-order valence-corrected chi connectivity index (χ2v) is 5.98. The van der Waals surface area contributed by atoms with Gasteiger partial charge in [0.2, 0.25) is 0 Å². The van der Waals surface area contributed by atoms with Gasteiger partial charge in [-0.15, -0.1) is 11.3 Å². The molecule has 0 unspecified atom stereocenters. The second kappa shape index (κ2) is 6.44. The number of thiazole rings is 1. The zero-order chi connectivity index (χ0) is 15.5. The van der Waals surface area contributed by atoms with E-state index in [0.717, 1.165) is 11.3 Å². The van der Waals surface area contributed by atoms with Gasteiger partial charge in [0.15, 0.2) is 5.13 Å². The van der Waals surface area contributed by atoms with E-state index in [4.69, 9.17) is 23.2 Å². The van der Waals surface area contributed by atoms with Gasteiger partial charge in [0.25, 0.3) is 5.91 Å². The highest BCUT2D eigenvalue weighted by atomic mass is 35.5. The van der Waals surface area contributed by atoms with Gasteiger partial charge in [-0.25, -0.2) is 9.97 Å². The summed E-state index contributed by atoms with van der Waals surface area (Å²) in [5, 5.41) is 5.47. The number of pyridine rings is 1. The minimum atomic E-state index is -0.443. The lowest BCUT2D eigenvalue weighted by atomic mass is 10.2. The van der Waals surface area contributed by atoms with Crippen molar-refractivity contribution in [3.63, 3.8) is 0 Å². The van der Waals surface area contributed by atoms with Crippen LogP contribution in [0.4, 0.5) is 5.13 Å². The molecule has 0 bridgehead atoms. The lowest BCUT2D eigenvalue weighted by Gasteiger charge is -2.03.